The fourth-order valence-electron chi connectivity index (χ4n) is 8.22. The minimum atomic E-state index is -4.95. The van der Waals surface area contributed by atoms with Crippen LogP contribution in [0.25, 0.3) is 0 Å². The molecular formula is C41H54N4O12P2. The summed E-state index contributed by atoms with van der Waals surface area (Å²) in [5.41, 5.74) is -2.17. The first-order valence-electron chi connectivity index (χ1n) is 19.9. The maximum atomic E-state index is 14.3. The third-order valence-electron chi connectivity index (χ3n) is 11.9. The fraction of sp³-hybridized carbons (Fsp3) is 0.610. The molecule has 16 nitrogen and oxygen atoms in total. The van der Waals surface area contributed by atoms with Crippen LogP contribution in [0.5, 0.6) is 11.5 Å². The Bertz CT molecular complexity index is 2160. The van der Waals surface area contributed by atoms with Crippen molar-refractivity contribution in [1.29, 1.82) is 10.5 Å². The van der Waals surface area contributed by atoms with E-state index in [1.54, 1.807) is 87.7 Å². The maximum absolute atomic E-state index is 14.3. The van der Waals surface area contributed by atoms with Gasteiger partial charge in [0.1, 0.15) is 34.9 Å². The Morgan fingerprint density at radius 1 is 0.814 bits per heavy atom. The molecule has 4 aliphatic rings. The second-order valence-electron chi connectivity index (χ2n) is 17.4. The van der Waals surface area contributed by atoms with Gasteiger partial charge in [-0.2, -0.15) is 10.5 Å². The van der Waals surface area contributed by atoms with Crippen molar-refractivity contribution in [2.75, 3.05) is 19.7 Å². The molecule has 4 heterocycles. The van der Waals surface area contributed by atoms with Crippen LogP contribution in [0.3, 0.4) is 0 Å². The molecule has 4 aliphatic heterocycles. The van der Waals surface area contributed by atoms with Crippen LogP contribution in [0, 0.1) is 22.7 Å². The van der Waals surface area contributed by atoms with Crippen molar-refractivity contribution in [3.8, 4) is 23.6 Å². The SMILES string of the molecule is CCC(C)(CCOC(C)(C)P(=O)(O)O[C@@H]1[C@@H](N2CCCC2=O)c2cc(C#N)ccc2OC1(C)C)OP(=O)(O)O[C@@H]1[C@@H](N2CCCC2=O)c2cc(C#N)ccc2OC1(C)C. The second kappa shape index (κ2) is 16.2. The summed E-state index contributed by atoms with van der Waals surface area (Å²) in [6, 6.07) is 12.2. The normalized spacial score (nSPS) is 26.6. The monoisotopic (exact) mass is 856 g/mol. The molecule has 0 aliphatic carbocycles. The van der Waals surface area contributed by atoms with Gasteiger partial charge in [-0.15, -0.1) is 0 Å². The van der Waals surface area contributed by atoms with E-state index in [0.717, 1.165) is 0 Å². The number of phosphoric acid groups is 1. The third kappa shape index (κ3) is 8.98. The first kappa shape index (κ1) is 44.7. The fourth-order valence-corrected chi connectivity index (χ4v) is 10.9. The van der Waals surface area contributed by atoms with Gasteiger partial charge in [-0.3, -0.25) is 27.7 Å². The van der Waals surface area contributed by atoms with Crippen LogP contribution in [0.1, 0.15) is 128 Å². The summed E-state index contributed by atoms with van der Waals surface area (Å²) in [5, 5.41) is 17.5. The molecule has 59 heavy (non-hydrogen) atoms. The third-order valence-corrected chi connectivity index (χ3v) is 15.0. The van der Waals surface area contributed by atoms with Gasteiger partial charge in [0.15, 0.2) is 5.34 Å². The zero-order valence-electron chi connectivity index (χ0n) is 34.8. The van der Waals surface area contributed by atoms with Crippen LogP contribution in [-0.2, 0) is 37.0 Å². The van der Waals surface area contributed by atoms with Gasteiger partial charge >= 0.3 is 15.4 Å². The summed E-state index contributed by atoms with van der Waals surface area (Å²) >= 11 is 0. The summed E-state index contributed by atoms with van der Waals surface area (Å²) in [6.07, 6.45) is -0.400. The average Bonchev–Trinajstić information content (AvgIpc) is 3.78. The highest BCUT2D eigenvalue weighted by Gasteiger charge is 2.56. The van der Waals surface area contributed by atoms with Crippen molar-refractivity contribution < 1.29 is 56.3 Å². The molecule has 2 fully saturated rings. The zero-order chi connectivity index (χ0) is 43.3. The Kier molecular flexibility index (Phi) is 12.3. The molecule has 0 radical (unpaired) electrons. The number of amides is 2. The molecule has 0 spiro atoms. The van der Waals surface area contributed by atoms with Gasteiger partial charge in [0, 0.05) is 43.5 Å². The van der Waals surface area contributed by atoms with Crippen LogP contribution in [0.2, 0.25) is 0 Å². The minimum absolute atomic E-state index is 0.0267. The number of fused-ring (bicyclic) bond motifs is 2. The lowest BCUT2D eigenvalue weighted by molar-refractivity contribution is -0.140. The van der Waals surface area contributed by atoms with Crippen molar-refractivity contribution in [3.63, 3.8) is 0 Å². The Morgan fingerprint density at radius 3 is 1.68 bits per heavy atom. The highest BCUT2D eigenvalue weighted by atomic mass is 31.2. The lowest BCUT2D eigenvalue weighted by Crippen LogP contribution is -2.55. The number of nitriles is 2. The Balaban J connectivity index is 1.18. The van der Waals surface area contributed by atoms with Crippen LogP contribution in [0.4, 0.5) is 0 Å². The van der Waals surface area contributed by atoms with E-state index in [1.165, 1.54) is 13.8 Å². The zero-order valence-corrected chi connectivity index (χ0v) is 36.6. The molecule has 0 aromatic heterocycles. The molecule has 320 valence electrons. The van der Waals surface area contributed by atoms with E-state index in [1.807, 2.05) is 0 Å². The highest BCUT2D eigenvalue weighted by molar-refractivity contribution is 7.54. The van der Waals surface area contributed by atoms with Crippen LogP contribution in [0.15, 0.2) is 36.4 Å². The molecule has 2 saturated heterocycles. The van der Waals surface area contributed by atoms with Crippen molar-refractivity contribution >= 4 is 27.2 Å². The van der Waals surface area contributed by atoms with Crippen molar-refractivity contribution in [2.24, 2.45) is 0 Å². The first-order chi connectivity index (χ1) is 27.5. The highest BCUT2D eigenvalue weighted by Crippen LogP contribution is 2.61. The molecule has 7 atom stereocenters. The topological polar surface area (TPSA) is 218 Å². The largest absolute Gasteiger partial charge is 0.485 e. The predicted octanol–water partition coefficient (Wildman–Crippen LogP) is 7.18. The lowest BCUT2D eigenvalue weighted by Gasteiger charge is -2.48. The summed E-state index contributed by atoms with van der Waals surface area (Å²) < 4.78 is 64.9. The van der Waals surface area contributed by atoms with Gasteiger partial charge in [0.2, 0.25) is 11.8 Å². The van der Waals surface area contributed by atoms with Gasteiger partial charge in [-0.05, 0) is 104 Å². The molecule has 3 unspecified atom stereocenters. The Morgan fingerprint density at radius 2 is 1.27 bits per heavy atom. The van der Waals surface area contributed by atoms with Gasteiger partial charge in [0.05, 0.1) is 47.6 Å². The second-order valence-corrected chi connectivity index (χ2v) is 21.1. The van der Waals surface area contributed by atoms with E-state index >= 15 is 0 Å². The summed E-state index contributed by atoms with van der Waals surface area (Å²) in [7, 11) is -9.69. The lowest BCUT2D eigenvalue weighted by atomic mass is 9.85. The number of phosphoric ester groups is 1. The number of hydrogen-bond donors (Lipinski definition) is 2. The van der Waals surface area contributed by atoms with E-state index in [0.29, 0.717) is 72.5 Å². The van der Waals surface area contributed by atoms with Gasteiger partial charge in [-0.25, -0.2) is 4.57 Å². The van der Waals surface area contributed by atoms with Gasteiger partial charge in [0.25, 0.3) is 0 Å². The number of carbonyl (C=O) groups is 2. The first-order valence-corrected chi connectivity index (χ1v) is 23.0. The standard InChI is InChI=1S/C41H54N4O12P2/c1-9-41(8,57-59(50,51)56-37-35(45-20-11-13-33(45)47)29-23-27(25-43)15-17-31(29)54-39(37,4)5)18-21-52-40(6,7)58(48,49)55-36-34(44-19-10-12-32(44)46)28-22-26(24-42)14-16-30(28)53-38(36,2)3/h14-17,22-23,34-37H,9-13,18-21H2,1-8H3,(H,48,49)(H,50,51)/t34-,35-,36+,37+,41?/m0/s1. The summed E-state index contributed by atoms with van der Waals surface area (Å²) in [4.78, 5) is 52.5. The number of likely N-dealkylation sites (tertiary alicyclic amines) is 2. The number of rotatable bonds is 14. The molecule has 0 bridgehead atoms. The molecule has 2 N–H and O–H groups in total. The van der Waals surface area contributed by atoms with Crippen molar-refractivity contribution in [2.45, 2.75) is 140 Å². The van der Waals surface area contributed by atoms with Crippen LogP contribution < -0.4 is 9.47 Å². The predicted molar refractivity (Wildman–Crippen MR) is 213 cm³/mol. The molecule has 6 rings (SSSR count). The molecule has 18 heteroatoms. The summed E-state index contributed by atoms with van der Waals surface area (Å²) in [5.74, 6) is 0.542. The van der Waals surface area contributed by atoms with E-state index in [4.69, 9.17) is 27.8 Å². The molecule has 2 aromatic rings. The van der Waals surface area contributed by atoms with E-state index in [9.17, 15) is 39.0 Å². The number of benzene rings is 2. The minimum Gasteiger partial charge on any atom is -0.485 e. The maximum Gasteiger partial charge on any atom is 0.473 e. The van der Waals surface area contributed by atoms with Crippen molar-refractivity contribution in [1.82, 2.24) is 9.80 Å². The van der Waals surface area contributed by atoms with E-state index < -0.39 is 61.9 Å². The molecular weight excluding hydrogens is 802 g/mol. The van der Waals surface area contributed by atoms with E-state index in [2.05, 4.69) is 12.1 Å². The molecule has 2 amide bonds. The van der Waals surface area contributed by atoms with E-state index in [-0.39, 0.29) is 31.3 Å². The van der Waals surface area contributed by atoms with Crippen molar-refractivity contribution in [3.05, 3.63) is 58.7 Å². The smallest absolute Gasteiger partial charge is 0.473 e. The molecule has 0 saturated carbocycles. The van der Waals surface area contributed by atoms with Gasteiger partial charge in [-0.1, -0.05) is 6.92 Å². The number of hydrogen-bond acceptors (Lipinski definition) is 12. The average molecular weight is 857 g/mol. The number of carbonyl (C=O) groups excluding carboxylic acids is 2. The summed E-state index contributed by atoms with van der Waals surface area (Å²) in [6.45, 7) is 13.4. The van der Waals surface area contributed by atoms with Crippen LogP contribution >= 0.6 is 15.4 Å². The number of nitrogens with zero attached hydrogens (tertiary/aromatic N) is 4. The Labute approximate surface area is 345 Å². The number of ether oxygens (including phenoxy) is 3. The molecule has 2 aromatic carbocycles. The van der Waals surface area contributed by atoms with Crippen LogP contribution in [-0.4, -0.2) is 85.5 Å². The Hall–Kier alpha value is -3.82. The quantitative estimate of drug-likeness (QED) is 0.180. The van der Waals surface area contributed by atoms with Gasteiger partial charge < -0.3 is 33.8 Å².